The first-order valence-corrected chi connectivity index (χ1v) is 16.3. The Morgan fingerprint density at radius 3 is 1.89 bits per heavy atom. The number of hydrogen-bond donors (Lipinski definition) is 2. The Morgan fingerprint density at radius 1 is 0.787 bits per heavy atom. The molecule has 6 heteroatoms. The minimum atomic E-state index is -0.606. The SMILES string of the molecule is CCC(C)(CC(C)c1ccc(COc2ccc([N+]3(c4ccc(O)cc4)c4ccccc4-c4ccccc43)cc2)cc1)C(=O)OCCO. The van der Waals surface area contributed by atoms with E-state index in [9.17, 15) is 9.90 Å². The third-order valence-corrected chi connectivity index (χ3v) is 9.59. The first-order valence-electron chi connectivity index (χ1n) is 16.3. The third-order valence-electron chi connectivity index (χ3n) is 9.59. The number of fused-ring (bicyclic) bond motifs is 3. The highest BCUT2D eigenvalue weighted by molar-refractivity contribution is 6.02. The van der Waals surface area contributed by atoms with Crippen LogP contribution in [-0.4, -0.2) is 29.4 Å². The number of nitrogens with zero attached hydrogens (tertiary/aromatic N) is 1. The lowest BCUT2D eigenvalue weighted by atomic mass is 9.77. The lowest BCUT2D eigenvalue weighted by Gasteiger charge is -2.34. The Bertz CT molecular complexity index is 1790. The molecule has 1 heterocycles. The van der Waals surface area contributed by atoms with Crippen LogP contribution < -0.4 is 9.22 Å². The zero-order chi connectivity index (χ0) is 33.0. The zero-order valence-electron chi connectivity index (χ0n) is 27.2. The standard InChI is InChI=1S/C41H41NO5/c1-4-41(3,40(45)46-26-25-43)27-29(2)31-15-13-30(14-16-31)28-47-35-23-19-33(20-24-35)42(32-17-21-34(44)22-18-32)38-11-7-5-9-36(38)37-10-6-8-12-39(37)42/h5-24,29,43H,4,25-28H2,1-3H3/p+1. The number of ether oxygens (including phenoxy) is 2. The smallest absolute Gasteiger partial charge is 0.311 e. The van der Waals surface area contributed by atoms with Crippen molar-refractivity contribution in [2.24, 2.45) is 5.41 Å². The highest BCUT2D eigenvalue weighted by atomic mass is 16.5. The number of aromatic hydroxyl groups is 1. The van der Waals surface area contributed by atoms with E-state index in [1.165, 1.54) is 11.1 Å². The van der Waals surface area contributed by atoms with E-state index in [1.54, 1.807) is 12.1 Å². The second-order valence-corrected chi connectivity index (χ2v) is 12.6. The number of benzene rings is 5. The van der Waals surface area contributed by atoms with Gasteiger partial charge in [-0.05, 0) is 73.2 Å². The summed E-state index contributed by atoms with van der Waals surface area (Å²) in [6.07, 6.45) is 1.33. The molecular formula is C41H42NO5+. The molecule has 5 aromatic carbocycles. The molecule has 6 rings (SSSR count). The molecule has 240 valence electrons. The number of aliphatic hydroxyl groups is 1. The monoisotopic (exact) mass is 628 g/mol. The fourth-order valence-electron chi connectivity index (χ4n) is 6.85. The number of quaternary nitrogens is 1. The number of aliphatic hydroxyl groups excluding tert-OH is 1. The lowest BCUT2D eigenvalue weighted by molar-refractivity contribution is -0.156. The molecule has 2 unspecified atom stereocenters. The minimum absolute atomic E-state index is 0.0283. The van der Waals surface area contributed by atoms with Crippen LogP contribution in [-0.2, 0) is 16.1 Å². The molecule has 1 aliphatic heterocycles. The molecule has 2 N–H and O–H groups in total. The second kappa shape index (κ2) is 13.4. The van der Waals surface area contributed by atoms with Crippen molar-refractivity contribution in [2.45, 2.75) is 46.1 Å². The van der Waals surface area contributed by atoms with Crippen molar-refractivity contribution in [2.75, 3.05) is 13.2 Å². The van der Waals surface area contributed by atoms with Gasteiger partial charge in [0.1, 0.15) is 36.1 Å². The Labute approximate surface area is 277 Å². The molecule has 0 saturated carbocycles. The average Bonchev–Trinajstić information content (AvgIpc) is 3.41. The summed E-state index contributed by atoms with van der Waals surface area (Å²) in [5.74, 6) is 0.910. The van der Waals surface area contributed by atoms with Gasteiger partial charge in [0, 0.05) is 36.4 Å². The molecule has 2 atom stereocenters. The maximum Gasteiger partial charge on any atom is 0.311 e. The maximum atomic E-state index is 12.6. The van der Waals surface area contributed by atoms with Gasteiger partial charge in [-0.3, -0.25) is 4.79 Å². The van der Waals surface area contributed by atoms with Crippen LogP contribution in [0.25, 0.3) is 11.1 Å². The molecule has 0 aliphatic carbocycles. The van der Waals surface area contributed by atoms with Crippen molar-refractivity contribution in [3.05, 3.63) is 132 Å². The predicted molar refractivity (Wildman–Crippen MR) is 187 cm³/mol. The minimum Gasteiger partial charge on any atom is -0.508 e. The highest BCUT2D eigenvalue weighted by Crippen LogP contribution is 2.62. The third kappa shape index (κ3) is 6.02. The second-order valence-electron chi connectivity index (χ2n) is 12.6. The van der Waals surface area contributed by atoms with Gasteiger partial charge in [0.05, 0.1) is 23.1 Å². The number of para-hydroxylation sites is 2. The summed E-state index contributed by atoms with van der Waals surface area (Å²) in [5, 5.41) is 19.2. The van der Waals surface area contributed by atoms with Gasteiger partial charge in [-0.1, -0.05) is 62.4 Å². The van der Waals surface area contributed by atoms with E-state index in [2.05, 4.69) is 91.9 Å². The summed E-state index contributed by atoms with van der Waals surface area (Å²) in [6, 6.07) is 41.2. The van der Waals surface area contributed by atoms with Crippen molar-refractivity contribution in [1.29, 1.82) is 0 Å². The van der Waals surface area contributed by atoms with Gasteiger partial charge < -0.3 is 19.7 Å². The van der Waals surface area contributed by atoms with E-state index in [0.717, 1.165) is 39.6 Å². The first-order chi connectivity index (χ1) is 22.8. The number of carbonyl (C=O) groups excluding carboxylic acids is 1. The Hall–Kier alpha value is -4.91. The Balaban J connectivity index is 1.21. The topological polar surface area (TPSA) is 76.0 Å². The fourth-order valence-corrected chi connectivity index (χ4v) is 6.85. The van der Waals surface area contributed by atoms with Gasteiger partial charge in [-0.15, -0.1) is 0 Å². The predicted octanol–water partition coefficient (Wildman–Crippen LogP) is 9.70. The van der Waals surface area contributed by atoms with Gasteiger partial charge in [-0.2, -0.15) is 4.48 Å². The van der Waals surface area contributed by atoms with Crippen LogP contribution in [0.15, 0.2) is 121 Å². The zero-order valence-corrected chi connectivity index (χ0v) is 27.2. The van der Waals surface area contributed by atoms with Crippen LogP contribution in [0.3, 0.4) is 0 Å². The van der Waals surface area contributed by atoms with Gasteiger partial charge >= 0.3 is 5.97 Å². The van der Waals surface area contributed by atoms with Crippen LogP contribution in [0.4, 0.5) is 22.7 Å². The molecule has 0 amide bonds. The van der Waals surface area contributed by atoms with Crippen molar-refractivity contribution in [1.82, 2.24) is 4.48 Å². The van der Waals surface area contributed by atoms with E-state index in [-0.39, 0.29) is 30.9 Å². The van der Waals surface area contributed by atoms with Crippen molar-refractivity contribution in [3.63, 3.8) is 0 Å². The average molecular weight is 629 g/mol. The van der Waals surface area contributed by atoms with Crippen LogP contribution in [0.2, 0.25) is 0 Å². The summed E-state index contributed by atoms with van der Waals surface area (Å²) >= 11 is 0. The molecule has 0 fully saturated rings. The molecule has 5 aromatic rings. The molecular weight excluding hydrogens is 586 g/mol. The van der Waals surface area contributed by atoms with E-state index in [4.69, 9.17) is 14.6 Å². The van der Waals surface area contributed by atoms with Gasteiger partial charge in [-0.25, -0.2) is 0 Å². The Morgan fingerprint density at radius 2 is 1.34 bits per heavy atom. The summed E-state index contributed by atoms with van der Waals surface area (Å²) in [6.45, 7) is 6.35. The highest BCUT2D eigenvalue weighted by Gasteiger charge is 2.47. The summed E-state index contributed by atoms with van der Waals surface area (Å²) < 4.78 is 11.9. The summed E-state index contributed by atoms with van der Waals surface area (Å²) in [4.78, 5) is 12.6. The molecule has 0 radical (unpaired) electrons. The fraction of sp³-hybridized carbons (Fsp3) is 0.244. The number of hydrogen-bond acceptors (Lipinski definition) is 5. The largest absolute Gasteiger partial charge is 0.508 e. The van der Waals surface area contributed by atoms with Gasteiger partial charge in [0.2, 0.25) is 0 Å². The maximum absolute atomic E-state index is 12.6. The molecule has 1 aliphatic rings. The number of esters is 1. The van der Waals surface area contributed by atoms with E-state index < -0.39 is 5.41 Å². The number of phenols is 1. The number of carbonyl (C=O) groups is 1. The van der Waals surface area contributed by atoms with E-state index in [1.807, 2.05) is 38.1 Å². The van der Waals surface area contributed by atoms with E-state index in [0.29, 0.717) is 23.9 Å². The molecule has 0 spiro atoms. The number of phenolic OH excluding ortho intramolecular Hbond substituents is 1. The van der Waals surface area contributed by atoms with Crippen LogP contribution in [0.5, 0.6) is 11.5 Å². The normalized spacial score (nSPS) is 14.8. The lowest BCUT2D eigenvalue weighted by Crippen LogP contribution is -2.31. The van der Waals surface area contributed by atoms with Crippen molar-refractivity contribution < 1.29 is 24.5 Å². The molecule has 0 bridgehead atoms. The number of rotatable bonds is 12. The van der Waals surface area contributed by atoms with Gasteiger partial charge in [0.15, 0.2) is 11.4 Å². The summed E-state index contributed by atoms with van der Waals surface area (Å²) in [5.41, 5.74) is 8.40. The summed E-state index contributed by atoms with van der Waals surface area (Å²) in [7, 11) is 0. The Kier molecular flexibility index (Phi) is 9.17. The van der Waals surface area contributed by atoms with Crippen molar-refractivity contribution >= 4 is 28.7 Å². The molecule has 0 saturated heterocycles. The van der Waals surface area contributed by atoms with E-state index >= 15 is 0 Å². The van der Waals surface area contributed by atoms with Gasteiger partial charge in [0.25, 0.3) is 0 Å². The van der Waals surface area contributed by atoms with Crippen molar-refractivity contribution in [3.8, 4) is 22.6 Å². The molecule has 6 nitrogen and oxygen atoms in total. The quantitative estimate of drug-likeness (QED) is 0.104. The van der Waals surface area contributed by atoms with Crippen LogP contribution >= 0.6 is 0 Å². The first kappa shape index (κ1) is 32.0. The van der Waals surface area contributed by atoms with Crippen LogP contribution in [0, 0.1) is 5.41 Å². The molecule has 0 aromatic heterocycles. The molecule has 47 heavy (non-hydrogen) atoms. The van der Waals surface area contributed by atoms with Crippen LogP contribution in [0.1, 0.15) is 50.7 Å².